The molecule has 2 rings (SSSR count). The number of aldehydes is 1. The number of hydrogen-bond acceptors (Lipinski definition) is 4. The Hall–Kier alpha value is -2.06. The molecule has 0 aliphatic rings. The van der Waals surface area contributed by atoms with Crippen molar-refractivity contribution in [1.29, 1.82) is 0 Å². The predicted molar refractivity (Wildman–Crippen MR) is 77.9 cm³/mol. The first-order valence-electron chi connectivity index (χ1n) is 6.00. The fourth-order valence-corrected chi connectivity index (χ4v) is 2.40. The third-order valence-corrected chi connectivity index (χ3v) is 3.98. The molecule has 122 valence electrons. The van der Waals surface area contributed by atoms with Gasteiger partial charge in [-0.05, 0) is 35.4 Å². The zero-order chi connectivity index (χ0) is 17.3. The Balaban J connectivity index is 2.44. The second-order valence-corrected chi connectivity index (χ2v) is 6.34. The molecule has 0 atom stereocenters. The molecule has 0 aromatic heterocycles. The van der Waals surface area contributed by atoms with E-state index in [2.05, 4.69) is 4.18 Å². The van der Waals surface area contributed by atoms with Crippen molar-refractivity contribution in [3.8, 4) is 16.9 Å². The van der Waals surface area contributed by atoms with Crippen LogP contribution in [0, 0.1) is 0 Å². The predicted octanol–water partition coefficient (Wildman–Crippen LogP) is 4.05. The van der Waals surface area contributed by atoms with Crippen molar-refractivity contribution < 1.29 is 30.6 Å². The summed E-state index contributed by atoms with van der Waals surface area (Å²) in [7, 11) is -5.85. The van der Waals surface area contributed by atoms with Crippen LogP contribution in [0.5, 0.6) is 5.75 Å². The number of carbonyl (C=O) groups is 1. The molecule has 23 heavy (non-hydrogen) atoms. The standard InChI is InChI=1S/C14H8ClF3O4S/c15-12-3-1-2-9(7-12)10-4-5-13(11(6-10)8-19)22-23(20,21)14(16,17)18/h1-8H. The normalized spacial score (nSPS) is 12.0. The van der Waals surface area contributed by atoms with Crippen LogP contribution in [0.25, 0.3) is 11.1 Å². The van der Waals surface area contributed by atoms with Crippen LogP contribution < -0.4 is 4.18 Å². The summed E-state index contributed by atoms with van der Waals surface area (Å²) in [6.45, 7) is 0. The number of alkyl halides is 3. The van der Waals surface area contributed by atoms with Gasteiger partial charge in [0.1, 0.15) is 0 Å². The van der Waals surface area contributed by atoms with Gasteiger partial charge in [0, 0.05) is 5.02 Å². The van der Waals surface area contributed by atoms with Gasteiger partial charge in [-0.2, -0.15) is 21.6 Å². The lowest BCUT2D eigenvalue weighted by Gasteiger charge is -2.12. The van der Waals surface area contributed by atoms with E-state index in [4.69, 9.17) is 11.6 Å². The molecule has 0 radical (unpaired) electrons. The largest absolute Gasteiger partial charge is 0.534 e. The van der Waals surface area contributed by atoms with Crippen molar-refractivity contribution >= 4 is 28.0 Å². The zero-order valence-electron chi connectivity index (χ0n) is 11.2. The van der Waals surface area contributed by atoms with E-state index in [1.54, 1.807) is 24.3 Å². The van der Waals surface area contributed by atoms with Gasteiger partial charge in [0.05, 0.1) is 5.56 Å². The van der Waals surface area contributed by atoms with Crippen LogP contribution in [0.1, 0.15) is 10.4 Å². The monoisotopic (exact) mass is 364 g/mol. The molecule has 0 fully saturated rings. The average molecular weight is 365 g/mol. The summed E-state index contributed by atoms with van der Waals surface area (Å²) in [4.78, 5) is 11.0. The van der Waals surface area contributed by atoms with E-state index in [9.17, 15) is 26.4 Å². The topological polar surface area (TPSA) is 60.4 Å². The minimum Gasteiger partial charge on any atom is -0.375 e. The Morgan fingerprint density at radius 3 is 2.26 bits per heavy atom. The van der Waals surface area contributed by atoms with Gasteiger partial charge in [0.25, 0.3) is 0 Å². The smallest absolute Gasteiger partial charge is 0.375 e. The van der Waals surface area contributed by atoms with Gasteiger partial charge in [0.2, 0.25) is 0 Å². The summed E-state index contributed by atoms with van der Waals surface area (Å²) < 4.78 is 63.0. The SMILES string of the molecule is O=Cc1cc(-c2cccc(Cl)c2)ccc1OS(=O)(=O)C(F)(F)F. The van der Waals surface area contributed by atoms with Crippen molar-refractivity contribution in [3.63, 3.8) is 0 Å². The lowest BCUT2D eigenvalue weighted by atomic mass is 10.0. The first-order valence-corrected chi connectivity index (χ1v) is 7.78. The minimum absolute atomic E-state index is 0.204. The van der Waals surface area contributed by atoms with Crippen LogP contribution in [0.2, 0.25) is 5.02 Å². The number of hydrogen-bond donors (Lipinski definition) is 0. The number of benzene rings is 2. The quantitative estimate of drug-likeness (QED) is 0.466. The molecule has 0 spiro atoms. The maximum Gasteiger partial charge on any atom is 0.534 e. The molecule has 2 aromatic rings. The molecule has 4 nitrogen and oxygen atoms in total. The average Bonchev–Trinajstić information content (AvgIpc) is 2.46. The fourth-order valence-electron chi connectivity index (χ4n) is 1.73. The van der Waals surface area contributed by atoms with Gasteiger partial charge in [-0.15, -0.1) is 0 Å². The van der Waals surface area contributed by atoms with Crippen LogP contribution in [-0.4, -0.2) is 20.2 Å². The maximum atomic E-state index is 12.3. The van der Waals surface area contributed by atoms with Crippen LogP contribution >= 0.6 is 11.6 Å². The van der Waals surface area contributed by atoms with E-state index < -0.39 is 21.4 Å². The molecule has 9 heteroatoms. The molecule has 0 amide bonds. The molecule has 0 bridgehead atoms. The Morgan fingerprint density at radius 1 is 1.04 bits per heavy atom. The molecule has 0 saturated heterocycles. The maximum absolute atomic E-state index is 12.3. The molecular weight excluding hydrogens is 357 g/mol. The van der Waals surface area contributed by atoms with E-state index in [-0.39, 0.29) is 11.8 Å². The third kappa shape index (κ3) is 3.83. The lowest BCUT2D eigenvalue weighted by molar-refractivity contribution is -0.0500. The minimum atomic E-state index is -5.85. The van der Waals surface area contributed by atoms with Crippen molar-refractivity contribution in [3.05, 3.63) is 53.1 Å². The van der Waals surface area contributed by atoms with Crippen molar-refractivity contribution in [1.82, 2.24) is 0 Å². The number of halogens is 4. The molecular formula is C14H8ClF3O4S. The number of carbonyl (C=O) groups excluding carboxylic acids is 1. The van der Waals surface area contributed by atoms with E-state index in [0.717, 1.165) is 6.07 Å². The van der Waals surface area contributed by atoms with E-state index >= 15 is 0 Å². The first kappa shape index (κ1) is 17.3. The molecule has 0 heterocycles. The zero-order valence-corrected chi connectivity index (χ0v) is 12.7. The second-order valence-electron chi connectivity index (χ2n) is 4.36. The van der Waals surface area contributed by atoms with Gasteiger partial charge in [-0.1, -0.05) is 29.8 Å². The van der Waals surface area contributed by atoms with Crippen molar-refractivity contribution in [2.24, 2.45) is 0 Å². The van der Waals surface area contributed by atoms with Crippen LogP contribution in [0.15, 0.2) is 42.5 Å². The van der Waals surface area contributed by atoms with E-state index in [1.807, 2.05) is 0 Å². The highest BCUT2D eigenvalue weighted by Crippen LogP contribution is 2.31. The van der Waals surface area contributed by atoms with Gasteiger partial charge in [0.15, 0.2) is 12.0 Å². The van der Waals surface area contributed by atoms with E-state index in [1.165, 1.54) is 12.1 Å². The summed E-state index contributed by atoms with van der Waals surface area (Å²) in [5.74, 6) is -0.705. The van der Waals surface area contributed by atoms with Crippen molar-refractivity contribution in [2.75, 3.05) is 0 Å². The fraction of sp³-hybridized carbons (Fsp3) is 0.0714. The van der Waals surface area contributed by atoms with Crippen LogP contribution in [0.3, 0.4) is 0 Å². The summed E-state index contributed by atoms with van der Waals surface area (Å²) in [6, 6.07) is 10.0. The van der Waals surface area contributed by atoms with Gasteiger partial charge in [-0.25, -0.2) is 0 Å². The van der Waals surface area contributed by atoms with Gasteiger partial charge < -0.3 is 4.18 Å². The molecule has 0 aliphatic carbocycles. The molecule has 2 aromatic carbocycles. The molecule has 0 aliphatic heterocycles. The summed E-state index contributed by atoms with van der Waals surface area (Å²) in [5.41, 5.74) is -4.86. The number of rotatable bonds is 4. The molecule has 0 saturated carbocycles. The molecule has 0 unspecified atom stereocenters. The van der Waals surface area contributed by atoms with Gasteiger partial charge >= 0.3 is 15.6 Å². The highest BCUT2D eigenvalue weighted by atomic mass is 35.5. The van der Waals surface area contributed by atoms with E-state index in [0.29, 0.717) is 16.1 Å². The van der Waals surface area contributed by atoms with Crippen LogP contribution in [-0.2, 0) is 10.1 Å². The Labute approximate surface area is 134 Å². The summed E-state index contributed by atoms with van der Waals surface area (Å²) in [5, 5.41) is 0.426. The third-order valence-electron chi connectivity index (χ3n) is 2.78. The Kier molecular flexibility index (Phi) is 4.67. The first-order chi connectivity index (χ1) is 10.6. The van der Waals surface area contributed by atoms with Crippen molar-refractivity contribution in [2.45, 2.75) is 5.51 Å². The summed E-state index contributed by atoms with van der Waals surface area (Å²) >= 11 is 5.84. The summed E-state index contributed by atoms with van der Waals surface area (Å²) in [6.07, 6.45) is 0.204. The molecule has 0 N–H and O–H groups in total. The highest BCUT2D eigenvalue weighted by Gasteiger charge is 2.48. The van der Waals surface area contributed by atoms with Crippen LogP contribution in [0.4, 0.5) is 13.2 Å². The second kappa shape index (κ2) is 6.21. The Morgan fingerprint density at radius 2 is 1.70 bits per heavy atom. The van der Waals surface area contributed by atoms with Gasteiger partial charge in [-0.3, -0.25) is 4.79 Å². The lowest BCUT2D eigenvalue weighted by Crippen LogP contribution is -2.28. The Bertz CT molecular complexity index is 847. The highest BCUT2D eigenvalue weighted by molar-refractivity contribution is 7.88.